The lowest BCUT2D eigenvalue weighted by atomic mass is 10.2. The van der Waals surface area contributed by atoms with Gasteiger partial charge in [0.1, 0.15) is 11.5 Å². The molecule has 14 heavy (non-hydrogen) atoms. The van der Waals surface area contributed by atoms with E-state index in [4.69, 9.17) is 9.52 Å². The molecule has 0 aliphatic heterocycles. The van der Waals surface area contributed by atoms with E-state index < -0.39 is 5.97 Å². The highest BCUT2D eigenvalue weighted by molar-refractivity contribution is 5.87. The lowest BCUT2D eigenvalue weighted by Crippen LogP contribution is -2.22. The van der Waals surface area contributed by atoms with Crippen LogP contribution in [0.15, 0.2) is 16.1 Å². The van der Waals surface area contributed by atoms with Crippen molar-refractivity contribution >= 4 is 12.0 Å². The summed E-state index contributed by atoms with van der Waals surface area (Å²) in [4.78, 5) is 10.5. The van der Waals surface area contributed by atoms with Gasteiger partial charge >= 0.3 is 0 Å². The Morgan fingerprint density at radius 1 is 1.71 bits per heavy atom. The van der Waals surface area contributed by atoms with Crippen LogP contribution in [-0.2, 0) is 0 Å². The van der Waals surface area contributed by atoms with Gasteiger partial charge in [0, 0.05) is 5.56 Å². The number of aliphatic hydroxyl groups excluding tert-OH is 1. The SMILES string of the molecule is C/C(=C/c1cc(C(=O)[O-])c(C)o1)CO. The van der Waals surface area contributed by atoms with Gasteiger partial charge in [-0.3, -0.25) is 0 Å². The number of carbonyl (C=O) groups excluding carboxylic acids is 1. The van der Waals surface area contributed by atoms with E-state index in [1.54, 1.807) is 19.9 Å². The number of carbonyl (C=O) groups is 1. The van der Waals surface area contributed by atoms with E-state index in [1.807, 2.05) is 0 Å². The second-order valence-electron chi connectivity index (χ2n) is 3.05. The van der Waals surface area contributed by atoms with E-state index in [1.165, 1.54) is 6.07 Å². The minimum Gasteiger partial charge on any atom is -0.545 e. The second-order valence-corrected chi connectivity index (χ2v) is 3.05. The average Bonchev–Trinajstić information content (AvgIpc) is 2.46. The van der Waals surface area contributed by atoms with Crippen molar-refractivity contribution in [1.82, 2.24) is 0 Å². The minimum absolute atomic E-state index is 0.0435. The van der Waals surface area contributed by atoms with Crippen LogP contribution in [0, 0.1) is 6.92 Å². The molecule has 0 aliphatic rings. The molecule has 1 aromatic heterocycles. The molecule has 0 aromatic carbocycles. The highest BCUT2D eigenvalue weighted by Crippen LogP contribution is 2.16. The van der Waals surface area contributed by atoms with Crippen LogP contribution in [0.4, 0.5) is 0 Å². The Labute approximate surface area is 81.5 Å². The third kappa shape index (κ3) is 2.23. The van der Waals surface area contributed by atoms with Gasteiger partial charge < -0.3 is 19.4 Å². The van der Waals surface area contributed by atoms with Crippen LogP contribution in [0.3, 0.4) is 0 Å². The van der Waals surface area contributed by atoms with Crippen molar-refractivity contribution in [2.24, 2.45) is 0 Å². The normalized spacial score (nSPS) is 11.8. The van der Waals surface area contributed by atoms with E-state index in [2.05, 4.69) is 0 Å². The summed E-state index contributed by atoms with van der Waals surface area (Å²) in [6, 6.07) is 1.38. The summed E-state index contributed by atoms with van der Waals surface area (Å²) in [6.07, 6.45) is 1.58. The Balaban J connectivity index is 3.03. The number of aryl methyl sites for hydroxylation is 1. The van der Waals surface area contributed by atoms with Crippen LogP contribution in [0.25, 0.3) is 6.08 Å². The monoisotopic (exact) mass is 195 g/mol. The number of carboxylic acids is 1. The number of carboxylic acid groups (broad SMARTS) is 1. The maximum atomic E-state index is 10.5. The Kier molecular flexibility index (Phi) is 3.09. The number of hydrogen-bond donors (Lipinski definition) is 1. The number of furan rings is 1. The zero-order chi connectivity index (χ0) is 10.7. The molecule has 0 amide bonds. The molecule has 0 saturated carbocycles. The van der Waals surface area contributed by atoms with Crippen molar-refractivity contribution in [3.63, 3.8) is 0 Å². The standard InChI is InChI=1S/C10H12O4/c1-6(5-11)3-8-4-9(10(12)13)7(2)14-8/h3-4,11H,5H2,1-2H3,(H,12,13)/p-1/b6-3-. The van der Waals surface area contributed by atoms with E-state index in [0.717, 1.165) is 0 Å². The number of rotatable bonds is 3. The van der Waals surface area contributed by atoms with Crippen molar-refractivity contribution in [2.45, 2.75) is 13.8 Å². The molecular weight excluding hydrogens is 184 g/mol. The minimum atomic E-state index is -1.26. The van der Waals surface area contributed by atoms with E-state index >= 15 is 0 Å². The maximum absolute atomic E-state index is 10.5. The fourth-order valence-corrected chi connectivity index (χ4v) is 1.07. The third-order valence-corrected chi connectivity index (χ3v) is 1.79. The van der Waals surface area contributed by atoms with Crippen molar-refractivity contribution in [1.29, 1.82) is 0 Å². The molecule has 0 bridgehead atoms. The van der Waals surface area contributed by atoms with Crippen LogP contribution in [0.2, 0.25) is 0 Å². The first kappa shape index (κ1) is 10.5. The predicted octanol–water partition coefficient (Wildman–Crippen LogP) is 0.347. The zero-order valence-corrected chi connectivity index (χ0v) is 8.03. The highest BCUT2D eigenvalue weighted by Gasteiger charge is 2.06. The lowest BCUT2D eigenvalue weighted by Gasteiger charge is -1.95. The van der Waals surface area contributed by atoms with Crippen molar-refractivity contribution < 1.29 is 19.4 Å². The topological polar surface area (TPSA) is 73.5 Å². The van der Waals surface area contributed by atoms with Crippen LogP contribution < -0.4 is 5.11 Å². The number of aliphatic hydroxyl groups is 1. The average molecular weight is 195 g/mol. The molecule has 1 heterocycles. The molecule has 0 radical (unpaired) electrons. The van der Waals surface area contributed by atoms with Gasteiger partial charge in [0.05, 0.1) is 12.6 Å². The summed E-state index contributed by atoms with van der Waals surface area (Å²) >= 11 is 0. The third-order valence-electron chi connectivity index (χ3n) is 1.79. The van der Waals surface area contributed by atoms with Crippen molar-refractivity contribution in [3.8, 4) is 0 Å². The van der Waals surface area contributed by atoms with Gasteiger partial charge in [-0.2, -0.15) is 0 Å². The smallest absolute Gasteiger partial charge is 0.127 e. The summed E-state index contributed by atoms with van der Waals surface area (Å²) in [7, 11) is 0. The molecular formula is C10H11O4-. The lowest BCUT2D eigenvalue weighted by molar-refractivity contribution is -0.255. The molecule has 4 heteroatoms. The Hall–Kier alpha value is -1.55. The number of aromatic carboxylic acids is 1. The van der Waals surface area contributed by atoms with Gasteiger partial charge in [-0.05, 0) is 31.6 Å². The van der Waals surface area contributed by atoms with Crippen molar-refractivity contribution in [2.75, 3.05) is 6.61 Å². The van der Waals surface area contributed by atoms with E-state index in [9.17, 15) is 9.90 Å². The molecule has 4 nitrogen and oxygen atoms in total. The molecule has 0 fully saturated rings. The van der Waals surface area contributed by atoms with Gasteiger partial charge in [-0.15, -0.1) is 0 Å². The van der Waals surface area contributed by atoms with Crippen LogP contribution in [0.5, 0.6) is 0 Å². The Bertz CT molecular complexity index is 373. The first-order valence-corrected chi connectivity index (χ1v) is 4.14. The van der Waals surface area contributed by atoms with Gasteiger partial charge in [-0.1, -0.05) is 0 Å². The van der Waals surface area contributed by atoms with Crippen molar-refractivity contribution in [3.05, 3.63) is 28.7 Å². The summed E-state index contributed by atoms with van der Waals surface area (Å²) in [5.41, 5.74) is 0.741. The molecule has 1 aromatic rings. The fourth-order valence-electron chi connectivity index (χ4n) is 1.07. The summed E-state index contributed by atoms with van der Waals surface area (Å²) in [5.74, 6) is -0.539. The van der Waals surface area contributed by atoms with Crippen LogP contribution in [0.1, 0.15) is 28.8 Å². The van der Waals surface area contributed by atoms with Gasteiger partial charge in [0.2, 0.25) is 0 Å². The van der Waals surface area contributed by atoms with E-state index in [-0.39, 0.29) is 12.2 Å². The molecule has 0 aliphatic carbocycles. The Morgan fingerprint density at radius 2 is 2.36 bits per heavy atom. The first-order valence-electron chi connectivity index (χ1n) is 4.14. The van der Waals surface area contributed by atoms with Crippen LogP contribution >= 0.6 is 0 Å². The maximum Gasteiger partial charge on any atom is 0.127 e. The fraction of sp³-hybridized carbons (Fsp3) is 0.300. The molecule has 0 spiro atoms. The first-order chi connectivity index (χ1) is 6.54. The second kappa shape index (κ2) is 4.11. The number of hydrogen-bond acceptors (Lipinski definition) is 4. The molecule has 0 atom stereocenters. The van der Waals surface area contributed by atoms with E-state index in [0.29, 0.717) is 17.1 Å². The Morgan fingerprint density at radius 3 is 2.79 bits per heavy atom. The largest absolute Gasteiger partial charge is 0.545 e. The molecule has 0 unspecified atom stereocenters. The van der Waals surface area contributed by atoms with Gasteiger partial charge in [0.25, 0.3) is 0 Å². The molecule has 0 saturated heterocycles. The van der Waals surface area contributed by atoms with Gasteiger partial charge in [-0.25, -0.2) is 0 Å². The zero-order valence-electron chi connectivity index (χ0n) is 8.03. The van der Waals surface area contributed by atoms with Crippen LogP contribution in [-0.4, -0.2) is 17.7 Å². The van der Waals surface area contributed by atoms with Gasteiger partial charge in [0.15, 0.2) is 0 Å². The predicted molar refractivity (Wildman–Crippen MR) is 48.5 cm³/mol. The summed E-state index contributed by atoms with van der Waals surface area (Å²) < 4.78 is 5.14. The summed E-state index contributed by atoms with van der Waals surface area (Å²) in [5, 5.41) is 19.3. The molecule has 1 N–H and O–H groups in total. The molecule has 1 rings (SSSR count). The highest BCUT2D eigenvalue weighted by atomic mass is 16.4. The summed E-state index contributed by atoms with van der Waals surface area (Å²) in [6.45, 7) is 3.19. The quantitative estimate of drug-likeness (QED) is 0.755. The molecule has 76 valence electrons.